The molecule has 8 atom stereocenters. The highest BCUT2D eigenvalue weighted by molar-refractivity contribution is 6.31. The van der Waals surface area contributed by atoms with Gasteiger partial charge >= 0.3 is 0 Å². The quantitative estimate of drug-likeness (QED) is 0.320. The smallest absolute Gasteiger partial charge is 0.201 e. The number of phenolic OH excluding ortho intramolecular Hbond substituents is 2. The molecule has 13 nitrogen and oxygen atoms in total. The Hall–Kier alpha value is -3.43. The van der Waals surface area contributed by atoms with Crippen molar-refractivity contribution in [1.29, 1.82) is 0 Å². The van der Waals surface area contributed by atoms with E-state index in [0.717, 1.165) is 12.1 Å². The maximum absolute atomic E-state index is 13.7. The maximum Gasteiger partial charge on any atom is 0.201 e. The molecule has 0 bridgehead atoms. The van der Waals surface area contributed by atoms with Gasteiger partial charge < -0.3 is 48.8 Å². The van der Waals surface area contributed by atoms with Crippen molar-refractivity contribution in [2.45, 2.75) is 62.4 Å². The Bertz CT molecular complexity index is 1460. The molecule has 0 spiro atoms. The number of carbonyl (C=O) groups is 3. The van der Waals surface area contributed by atoms with Gasteiger partial charge in [-0.2, -0.15) is 0 Å². The van der Waals surface area contributed by atoms with E-state index >= 15 is 0 Å². The Morgan fingerprint density at radius 1 is 0.857 bits per heavy atom. The van der Waals surface area contributed by atoms with Crippen LogP contribution in [-0.4, -0.2) is 109 Å². The topological polar surface area (TPSA) is 188 Å². The molecule has 1 heterocycles. The molecule has 0 aromatic heterocycles. The van der Waals surface area contributed by atoms with Crippen molar-refractivity contribution in [3.8, 4) is 17.2 Å². The van der Waals surface area contributed by atoms with Crippen molar-refractivity contribution < 1.29 is 63.2 Å². The molecule has 13 heteroatoms. The lowest BCUT2D eigenvalue weighted by molar-refractivity contribution is -0.323. The van der Waals surface area contributed by atoms with Crippen molar-refractivity contribution in [2.24, 2.45) is 0 Å². The summed E-state index contributed by atoms with van der Waals surface area (Å²) in [6, 6.07) is 3.53. The first-order valence-corrected chi connectivity index (χ1v) is 13.1. The van der Waals surface area contributed by atoms with E-state index in [1.807, 2.05) is 0 Å². The third-order valence-electron chi connectivity index (χ3n) is 8.26. The molecule has 4 N–H and O–H groups in total. The minimum Gasteiger partial charge on any atom is -0.507 e. The lowest BCUT2D eigenvalue weighted by Crippen LogP contribution is -2.61. The highest BCUT2D eigenvalue weighted by Gasteiger charge is 2.56. The number of hydrogen-bond donors (Lipinski definition) is 4. The number of aromatic hydroxyl groups is 2. The SMILES string of the molecule is COc1cc(O)c2c(c1)C(=O)c1cc3c(c(O)c1C2=O)[C@@H](O[C@@H]1O[C@@H](C)[C@H](OC)[C@H](O)[C@@H]1OC)[C@@H](OC)[C@](C)(O)C3=O. The Labute approximate surface area is 240 Å². The fourth-order valence-corrected chi connectivity index (χ4v) is 6.14. The number of phenols is 2. The number of methoxy groups -OCH3 is 4. The number of hydrogen-bond acceptors (Lipinski definition) is 13. The molecule has 2 aliphatic carbocycles. The Kier molecular flexibility index (Phi) is 7.64. The first-order valence-electron chi connectivity index (χ1n) is 13.1. The molecule has 5 rings (SSSR count). The number of fused-ring (bicyclic) bond motifs is 3. The molecular weight excluding hydrogens is 556 g/mol. The first kappa shape index (κ1) is 30.0. The van der Waals surface area contributed by atoms with Gasteiger partial charge in [0, 0.05) is 49.6 Å². The van der Waals surface area contributed by atoms with E-state index < -0.39 is 82.9 Å². The number of benzene rings is 2. The van der Waals surface area contributed by atoms with Crippen molar-refractivity contribution in [1.82, 2.24) is 0 Å². The molecule has 3 aliphatic rings. The first-order chi connectivity index (χ1) is 19.8. The van der Waals surface area contributed by atoms with Gasteiger partial charge in [0.2, 0.25) is 5.78 Å². The number of carbonyl (C=O) groups excluding carboxylic acids is 3. The third kappa shape index (κ3) is 4.23. The van der Waals surface area contributed by atoms with E-state index in [9.17, 15) is 34.8 Å². The highest BCUT2D eigenvalue weighted by atomic mass is 16.7. The standard InChI is InChI=1S/C29H32O13/c1-10-23(38-4)22(34)25(39-5)28(41-10)42-24-18-14(26(35)29(2,36)27(24)40-6)9-13-17(21(18)33)20(32)16-12(19(13)31)7-11(37-3)8-15(16)30/h7-10,22-25,27-28,30,33-34,36H,1-6H3/t10-,22-,23-,24+,25-,27+,28-,29+/m0/s1. The monoisotopic (exact) mass is 588 g/mol. The predicted molar refractivity (Wildman–Crippen MR) is 141 cm³/mol. The minimum atomic E-state index is -2.23. The van der Waals surface area contributed by atoms with Gasteiger partial charge in [-0.1, -0.05) is 0 Å². The number of rotatable bonds is 6. The van der Waals surface area contributed by atoms with Crippen LogP contribution in [0, 0.1) is 0 Å². The summed E-state index contributed by atoms with van der Waals surface area (Å²) in [5.41, 5.74) is -4.09. The van der Waals surface area contributed by atoms with Crippen molar-refractivity contribution in [3.63, 3.8) is 0 Å². The van der Waals surface area contributed by atoms with E-state index in [4.69, 9.17) is 28.4 Å². The van der Waals surface area contributed by atoms with Crippen LogP contribution < -0.4 is 4.74 Å². The fraction of sp³-hybridized carbons (Fsp3) is 0.483. The van der Waals surface area contributed by atoms with Gasteiger partial charge in [0.25, 0.3) is 0 Å². The maximum atomic E-state index is 13.7. The zero-order chi connectivity index (χ0) is 30.8. The Morgan fingerprint density at radius 2 is 1.50 bits per heavy atom. The van der Waals surface area contributed by atoms with E-state index in [1.54, 1.807) is 6.92 Å². The van der Waals surface area contributed by atoms with Crippen LogP contribution in [0.4, 0.5) is 0 Å². The summed E-state index contributed by atoms with van der Waals surface area (Å²) < 4.78 is 33.5. The summed E-state index contributed by atoms with van der Waals surface area (Å²) >= 11 is 0. The fourth-order valence-electron chi connectivity index (χ4n) is 6.14. The van der Waals surface area contributed by atoms with E-state index in [-0.39, 0.29) is 33.6 Å². The molecule has 2 aromatic rings. The summed E-state index contributed by atoms with van der Waals surface area (Å²) in [5.74, 6) is -3.74. The molecule has 1 fully saturated rings. The van der Waals surface area contributed by atoms with E-state index in [1.165, 1.54) is 41.4 Å². The van der Waals surface area contributed by atoms with Crippen LogP contribution in [0.15, 0.2) is 18.2 Å². The average molecular weight is 589 g/mol. The molecular formula is C29H32O13. The minimum absolute atomic E-state index is 0.112. The summed E-state index contributed by atoms with van der Waals surface area (Å²) in [6.45, 7) is 2.83. The molecule has 1 aliphatic heterocycles. The summed E-state index contributed by atoms with van der Waals surface area (Å²) in [5, 5.41) is 44.4. The predicted octanol–water partition coefficient (Wildman–Crippen LogP) is 1.04. The Morgan fingerprint density at radius 3 is 2.10 bits per heavy atom. The third-order valence-corrected chi connectivity index (χ3v) is 8.26. The molecule has 0 saturated carbocycles. The normalized spacial score (nSPS) is 32.3. The zero-order valence-corrected chi connectivity index (χ0v) is 23.7. The molecule has 42 heavy (non-hydrogen) atoms. The van der Waals surface area contributed by atoms with Crippen LogP contribution in [0.1, 0.15) is 67.7 Å². The molecule has 2 aromatic carbocycles. The van der Waals surface area contributed by atoms with E-state index in [2.05, 4.69) is 0 Å². The number of aliphatic hydroxyl groups is 2. The van der Waals surface area contributed by atoms with Gasteiger partial charge in [-0.05, 0) is 26.0 Å². The van der Waals surface area contributed by atoms with Gasteiger partial charge in [0.1, 0.15) is 47.8 Å². The van der Waals surface area contributed by atoms with Gasteiger partial charge in [-0.25, -0.2) is 0 Å². The van der Waals surface area contributed by atoms with Crippen LogP contribution in [0.3, 0.4) is 0 Å². The largest absolute Gasteiger partial charge is 0.507 e. The number of ketones is 3. The van der Waals surface area contributed by atoms with Crippen molar-refractivity contribution in [2.75, 3.05) is 28.4 Å². The molecule has 0 amide bonds. The second-order valence-electron chi connectivity index (χ2n) is 10.6. The van der Waals surface area contributed by atoms with Crippen LogP contribution in [0.5, 0.6) is 17.2 Å². The number of aliphatic hydroxyl groups excluding tert-OH is 1. The summed E-state index contributed by atoms with van der Waals surface area (Å²) in [4.78, 5) is 40.9. The van der Waals surface area contributed by atoms with Crippen LogP contribution in [-0.2, 0) is 23.7 Å². The van der Waals surface area contributed by atoms with Crippen LogP contribution >= 0.6 is 0 Å². The highest BCUT2D eigenvalue weighted by Crippen LogP contribution is 2.49. The second-order valence-corrected chi connectivity index (χ2v) is 10.6. The van der Waals surface area contributed by atoms with Crippen molar-refractivity contribution >= 4 is 17.3 Å². The molecule has 226 valence electrons. The van der Waals surface area contributed by atoms with Gasteiger partial charge in [-0.3, -0.25) is 14.4 Å². The average Bonchev–Trinajstić information content (AvgIpc) is 2.94. The van der Waals surface area contributed by atoms with Gasteiger partial charge in [-0.15, -0.1) is 0 Å². The van der Waals surface area contributed by atoms with Crippen LogP contribution in [0.2, 0.25) is 0 Å². The van der Waals surface area contributed by atoms with Gasteiger partial charge in [0.15, 0.2) is 23.5 Å². The summed E-state index contributed by atoms with van der Waals surface area (Å²) in [7, 11) is 5.25. The zero-order valence-electron chi connectivity index (χ0n) is 23.7. The lowest BCUT2D eigenvalue weighted by Gasteiger charge is -2.46. The second kappa shape index (κ2) is 10.7. The van der Waals surface area contributed by atoms with Crippen molar-refractivity contribution in [3.05, 3.63) is 51.6 Å². The molecule has 0 unspecified atom stereocenters. The molecule has 0 radical (unpaired) electrons. The number of Topliss-reactive ketones (excluding diaryl/α,β-unsaturated/α-hetero) is 1. The Balaban J connectivity index is 1.69. The number of ether oxygens (including phenoxy) is 6. The summed E-state index contributed by atoms with van der Waals surface area (Å²) in [6.07, 6.45) is -8.04. The lowest BCUT2D eigenvalue weighted by atomic mass is 9.72. The van der Waals surface area contributed by atoms with Crippen LogP contribution in [0.25, 0.3) is 0 Å². The van der Waals surface area contributed by atoms with Gasteiger partial charge in [0.05, 0.1) is 24.3 Å². The molecule has 1 saturated heterocycles. The van der Waals surface area contributed by atoms with E-state index in [0.29, 0.717) is 0 Å².